The Morgan fingerprint density at radius 1 is 1.26 bits per heavy atom. The van der Waals surface area contributed by atoms with Crippen molar-refractivity contribution in [2.45, 2.75) is 0 Å². The first-order valence-electron chi connectivity index (χ1n) is 5.22. The quantitative estimate of drug-likeness (QED) is 0.632. The van der Waals surface area contributed by atoms with Gasteiger partial charge in [-0.25, -0.2) is 0 Å². The van der Waals surface area contributed by atoms with E-state index in [0.29, 0.717) is 5.75 Å². The molecule has 0 bridgehead atoms. The molecule has 0 aliphatic heterocycles. The number of nitro benzene ring substituents is 1. The van der Waals surface area contributed by atoms with E-state index in [1.807, 2.05) is 6.07 Å². The minimum absolute atomic E-state index is 0.0301. The van der Waals surface area contributed by atoms with Gasteiger partial charge in [0.1, 0.15) is 17.4 Å². The Bertz CT molecular complexity index is 680. The predicted molar refractivity (Wildman–Crippen MR) is 72.0 cm³/mol. The molecule has 0 heterocycles. The van der Waals surface area contributed by atoms with Crippen molar-refractivity contribution in [1.29, 1.82) is 5.26 Å². The molecule has 0 radical (unpaired) electrons. The summed E-state index contributed by atoms with van der Waals surface area (Å²) in [6.07, 6.45) is 0. The highest BCUT2D eigenvalue weighted by atomic mass is 79.9. The van der Waals surface area contributed by atoms with Gasteiger partial charge in [0.25, 0.3) is 0 Å². The molecule has 0 unspecified atom stereocenters. The fourth-order valence-corrected chi connectivity index (χ4v) is 1.92. The standard InChI is InChI=1S/C13H7BrN2O3/c14-10-4-2-5-11(7-10)19-12-6-1-3-9(8-15)13(12)16(17)18/h1-7H. The second-order valence-corrected chi connectivity index (χ2v) is 4.50. The summed E-state index contributed by atoms with van der Waals surface area (Å²) in [6, 6.07) is 13.1. The number of ether oxygens (including phenoxy) is 1. The lowest BCUT2D eigenvalue weighted by Gasteiger charge is -2.07. The fraction of sp³-hybridized carbons (Fsp3) is 0. The highest BCUT2D eigenvalue weighted by Crippen LogP contribution is 2.34. The minimum atomic E-state index is -0.619. The van der Waals surface area contributed by atoms with E-state index in [0.717, 1.165) is 4.47 Å². The van der Waals surface area contributed by atoms with Crippen LogP contribution in [-0.4, -0.2) is 4.92 Å². The Kier molecular flexibility index (Phi) is 3.78. The summed E-state index contributed by atoms with van der Waals surface area (Å²) in [7, 11) is 0. The van der Waals surface area contributed by atoms with Gasteiger partial charge in [0, 0.05) is 4.47 Å². The van der Waals surface area contributed by atoms with E-state index in [1.54, 1.807) is 30.3 Å². The topological polar surface area (TPSA) is 76.2 Å². The summed E-state index contributed by atoms with van der Waals surface area (Å²) >= 11 is 3.28. The molecule has 0 aliphatic rings. The molecule has 0 N–H and O–H groups in total. The van der Waals surface area contributed by atoms with Gasteiger partial charge >= 0.3 is 5.69 Å². The van der Waals surface area contributed by atoms with Crippen molar-refractivity contribution in [2.75, 3.05) is 0 Å². The van der Waals surface area contributed by atoms with Gasteiger partial charge in [-0.2, -0.15) is 5.26 Å². The number of hydrogen-bond acceptors (Lipinski definition) is 4. The van der Waals surface area contributed by atoms with Gasteiger partial charge in [0.15, 0.2) is 0 Å². The summed E-state index contributed by atoms with van der Waals surface area (Å²) in [5, 5.41) is 19.9. The minimum Gasteiger partial charge on any atom is -0.450 e. The molecule has 19 heavy (non-hydrogen) atoms. The van der Waals surface area contributed by atoms with Crippen LogP contribution in [0.25, 0.3) is 0 Å². The van der Waals surface area contributed by atoms with Crippen LogP contribution in [0.1, 0.15) is 5.56 Å². The van der Waals surface area contributed by atoms with Crippen LogP contribution in [0.3, 0.4) is 0 Å². The van der Waals surface area contributed by atoms with Crippen LogP contribution < -0.4 is 4.74 Å². The summed E-state index contributed by atoms with van der Waals surface area (Å²) in [5.74, 6) is 0.495. The Hall–Kier alpha value is -2.39. The van der Waals surface area contributed by atoms with Crippen molar-refractivity contribution in [3.05, 3.63) is 62.6 Å². The van der Waals surface area contributed by atoms with Gasteiger partial charge < -0.3 is 4.74 Å². The van der Waals surface area contributed by atoms with E-state index in [2.05, 4.69) is 15.9 Å². The molecule has 94 valence electrons. The molecule has 0 spiro atoms. The molecular weight excluding hydrogens is 312 g/mol. The smallest absolute Gasteiger partial charge is 0.329 e. The number of nitrogens with zero attached hydrogens (tertiary/aromatic N) is 2. The van der Waals surface area contributed by atoms with Crippen molar-refractivity contribution in [3.63, 3.8) is 0 Å². The second-order valence-electron chi connectivity index (χ2n) is 3.58. The third-order valence-corrected chi connectivity index (χ3v) is 2.82. The third kappa shape index (κ3) is 2.89. The maximum Gasteiger partial charge on any atom is 0.329 e. The zero-order valence-corrected chi connectivity index (χ0v) is 11.1. The molecular formula is C13H7BrN2O3. The van der Waals surface area contributed by atoms with Crippen molar-refractivity contribution >= 4 is 21.6 Å². The van der Waals surface area contributed by atoms with Crippen LogP contribution in [-0.2, 0) is 0 Å². The van der Waals surface area contributed by atoms with Gasteiger partial charge in [-0.3, -0.25) is 10.1 Å². The lowest BCUT2D eigenvalue weighted by atomic mass is 10.2. The Morgan fingerprint density at radius 3 is 2.63 bits per heavy atom. The highest BCUT2D eigenvalue weighted by Gasteiger charge is 2.21. The van der Waals surface area contributed by atoms with Crippen LogP contribution in [0, 0.1) is 21.4 Å². The zero-order valence-electron chi connectivity index (χ0n) is 9.54. The van der Waals surface area contributed by atoms with Crippen molar-refractivity contribution in [2.24, 2.45) is 0 Å². The molecule has 2 aromatic rings. The third-order valence-electron chi connectivity index (χ3n) is 2.33. The molecule has 2 aromatic carbocycles. The Morgan fingerprint density at radius 2 is 2.00 bits per heavy atom. The van der Waals surface area contributed by atoms with E-state index < -0.39 is 4.92 Å². The van der Waals surface area contributed by atoms with E-state index in [4.69, 9.17) is 10.00 Å². The largest absolute Gasteiger partial charge is 0.450 e. The van der Waals surface area contributed by atoms with Crippen molar-refractivity contribution in [3.8, 4) is 17.6 Å². The fourth-order valence-electron chi connectivity index (χ4n) is 1.54. The van der Waals surface area contributed by atoms with E-state index in [-0.39, 0.29) is 17.0 Å². The SMILES string of the molecule is N#Cc1cccc(Oc2cccc(Br)c2)c1[N+](=O)[O-]. The van der Waals surface area contributed by atoms with Crippen LogP contribution in [0.2, 0.25) is 0 Å². The number of rotatable bonds is 3. The van der Waals surface area contributed by atoms with Crippen molar-refractivity contribution < 1.29 is 9.66 Å². The number of halogens is 1. The van der Waals surface area contributed by atoms with Crippen LogP contribution in [0.4, 0.5) is 5.69 Å². The first-order chi connectivity index (χ1) is 9.11. The maximum absolute atomic E-state index is 11.0. The monoisotopic (exact) mass is 318 g/mol. The second kappa shape index (κ2) is 5.50. The average Bonchev–Trinajstić information content (AvgIpc) is 2.38. The molecule has 6 heteroatoms. The van der Waals surface area contributed by atoms with Crippen molar-refractivity contribution in [1.82, 2.24) is 0 Å². The first kappa shape index (κ1) is 13.1. The number of nitro groups is 1. The molecule has 0 saturated heterocycles. The van der Waals surface area contributed by atoms with Crippen LogP contribution in [0.15, 0.2) is 46.9 Å². The normalized spacial score (nSPS) is 9.68. The number of para-hydroxylation sites is 1. The molecule has 0 aliphatic carbocycles. The summed E-state index contributed by atoms with van der Waals surface area (Å²) in [4.78, 5) is 10.4. The molecule has 0 fully saturated rings. The average molecular weight is 319 g/mol. The van der Waals surface area contributed by atoms with Crippen LogP contribution >= 0.6 is 15.9 Å². The van der Waals surface area contributed by atoms with Gasteiger partial charge in [-0.15, -0.1) is 0 Å². The first-order valence-corrected chi connectivity index (χ1v) is 6.02. The zero-order chi connectivity index (χ0) is 13.8. The summed E-state index contributed by atoms with van der Waals surface area (Å²) in [6.45, 7) is 0. The van der Waals surface area contributed by atoms with E-state index >= 15 is 0 Å². The number of nitriles is 1. The Labute approximate surface area is 117 Å². The van der Waals surface area contributed by atoms with Gasteiger partial charge in [0.05, 0.1) is 4.92 Å². The number of hydrogen-bond donors (Lipinski definition) is 0. The van der Waals surface area contributed by atoms with E-state index in [9.17, 15) is 10.1 Å². The van der Waals surface area contributed by atoms with Gasteiger partial charge in [0.2, 0.25) is 5.75 Å². The predicted octanol–water partition coefficient (Wildman–Crippen LogP) is 4.02. The lowest BCUT2D eigenvalue weighted by Crippen LogP contribution is -1.96. The summed E-state index contributed by atoms with van der Waals surface area (Å²) < 4.78 is 6.27. The molecule has 5 nitrogen and oxygen atoms in total. The highest BCUT2D eigenvalue weighted by molar-refractivity contribution is 9.10. The molecule has 0 amide bonds. The summed E-state index contributed by atoms with van der Waals surface area (Å²) in [5.41, 5.74) is -0.359. The molecule has 0 atom stereocenters. The van der Waals surface area contributed by atoms with E-state index in [1.165, 1.54) is 12.1 Å². The maximum atomic E-state index is 11.0. The lowest BCUT2D eigenvalue weighted by molar-refractivity contribution is -0.385. The number of benzene rings is 2. The molecule has 0 aromatic heterocycles. The van der Waals surface area contributed by atoms with Gasteiger partial charge in [-0.1, -0.05) is 28.1 Å². The molecule has 0 saturated carbocycles. The Balaban J connectivity index is 2.46. The van der Waals surface area contributed by atoms with Crippen LogP contribution in [0.5, 0.6) is 11.5 Å². The molecule has 2 rings (SSSR count). The van der Waals surface area contributed by atoms with Gasteiger partial charge in [-0.05, 0) is 30.3 Å².